The first-order valence-corrected chi connectivity index (χ1v) is 9.75. The molecule has 11 heteroatoms. The smallest absolute Gasteiger partial charge is 0.494 e. The van der Waals surface area contributed by atoms with Crippen LogP contribution >= 0.6 is 34.8 Å². The van der Waals surface area contributed by atoms with Gasteiger partial charge in [0.15, 0.2) is 0 Å². The van der Waals surface area contributed by atoms with Crippen LogP contribution < -0.4 is 14.2 Å². The summed E-state index contributed by atoms with van der Waals surface area (Å²) < 4.78 is 51.4. The van der Waals surface area contributed by atoms with Crippen LogP contribution in [-0.4, -0.2) is 25.8 Å². The minimum absolute atomic E-state index is 0.0227. The zero-order chi connectivity index (χ0) is 23.0. The maximum atomic E-state index is 12.2. The Morgan fingerprint density at radius 2 is 1.77 bits per heavy atom. The Morgan fingerprint density at radius 1 is 1.10 bits per heavy atom. The quantitative estimate of drug-likeness (QED) is 0.279. The Bertz CT molecular complexity index is 944. The molecule has 0 amide bonds. The van der Waals surface area contributed by atoms with Gasteiger partial charge in [0.25, 0.3) is 0 Å². The van der Waals surface area contributed by atoms with Gasteiger partial charge in [-0.25, -0.2) is 0 Å². The van der Waals surface area contributed by atoms with Crippen molar-refractivity contribution in [1.29, 1.82) is 0 Å². The highest BCUT2D eigenvalue weighted by molar-refractivity contribution is 6.55. The molecule has 2 aromatic carbocycles. The predicted octanol–water partition coefficient (Wildman–Crippen LogP) is 6.89. The number of methoxy groups -OCH3 is 1. The van der Waals surface area contributed by atoms with E-state index in [0.29, 0.717) is 33.4 Å². The van der Waals surface area contributed by atoms with Crippen molar-refractivity contribution in [3.05, 3.63) is 63.1 Å². The van der Waals surface area contributed by atoms with Crippen LogP contribution in [0, 0.1) is 0 Å². The topological polar surface area (TPSA) is 49.3 Å². The number of oxime groups is 1. The molecule has 0 aliphatic rings. The first-order valence-electron chi connectivity index (χ1n) is 8.62. The molecule has 0 fully saturated rings. The number of nitrogens with zero attached hydrogens (tertiary/aromatic N) is 1. The minimum Gasteiger partial charge on any atom is -0.494 e. The van der Waals surface area contributed by atoms with Gasteiger partial charge in [-0.2, -0.15) is 0 Å². The van der Waals surface area contributed by atoms with E-state index in [0.717, 1.165) is 0 Å². The second-order valence-corrected chi connectivity index (χ2v) is 7.35. The van der Waals surface area contributed by atoms with Gasteiger partial charge in [-0.15, -0.1) is 13.2 Å². The molecule has 0 aliphatic heterocycles. The van der Waals surface area contributed by atoms with Gasteiger partial charge >= 0.3 is 6.36 Å². The van der Waals surface area contributed by atoms with Crippen LogP contribution in [0.3, 0.4) is 0 Å². The Labute approximate surface area is 191 Å². The van der Waals surface area contributed by atoms with E-state index in [9.17, 15) is 13.2 Å². The Balaban J connectivity index is 2.09. The summed E-state index contributed by atoms with van der Waals surface area (Å²) in [6, 6.07) is 8.48. The summed E-state index contributed by atoms with van der Waals surface area (Å²) in [6.45, 7) is 1.83. The maximum Gasteiger partial charge on any atom is 0.573 e. The van der Waals surface area contributed by atoms with Gasteiger partial charge in [0.1, 0.15) is 35.0 Å². The van der Waals surface area contributed by atoms with Gasteiger partial charge in [0.05, 0.1) is 17.8 Å². The lowest BCUT2D eigenvalue weighted by Crippen LogP contribution is -2.17. The average molecular weight is 499 g/mol. The fourth-order valence-corrected chi connectivity index (χ4v) is 2.78. The number of alkyl halides is 3. The highest BCUT2D eigenvalue weighted by Gasteiger charge is 2.30. The van der Waals surface area contributed by atoms with E-state index < -0.39 is 6.36 Å². The van der Waals surface area contributed by atoms with Crippen LogP contribution in [0.2, 0.25) is 5.02 Å². The molecule has 0 saturated carbocycles. The lowest BCUT2D eigenvalue weighted by atomic mass is 10.1. The van der Waals surface area contributed by atoms with Gasteiger partial charge < -0.3 is 19.0 Å². The largest absolute Gasteiger partial charge is 0.573 e. The summed E-state index contributed by atoms with van der Waals surface area (Å²) in [5.41, 5.74) is 1.56. The van der Waals surface area contributed by atoms with Crippen LogP contribution in [0.5, 0.6) is 17.2 Å². The molecule has 0 radical (unpaired) electrons. The highest BCUT2D eigenvalue weighted by Crippen LogP contribution is 2.34. The maximum absolute atomic E-state index is 12.2. The van der Waals surface area contributed by atoms with Gasteiger partial charge in [0, 0.05) is 11.6 Å². The molecule has 0 atom stereocenters. The number of rotatable bonds is 9. The summed E-state index contributed by atoms with van der Waals surface area (Å²) >= 11 is 17.4. The lowest BCUT2D eigenvalue weighted by Gasteiger charge is -2.13. The average Bonchev–Trinajstić information content (AvgIpc) is 2.67. The third-order valence-corrected chi connectivity index (χ3v) is 4.28. The second-order valence-electron chi connectivity index (χ2n) is 5.93. The fraction of sp³-hybridized carbons (Fsp3) is 0.250. The van der Waals surface area contributed by atoms with Gasteiger partial charge in [-0.05, 0) is 36.8 Å². The molecule has 0 aromatic heterocycles. The SMILES string of the molecule is COc1c(Cl)cc(OCC=C(Cl)Cl)cc1C(C)=NOCc1ccc(OC(F)(F)F)cc1. The lowest BCUT2D eigenvalue weighted by molar-refractivity contribution is -0.274. The minimum atomic E-state index is -4.75. The van der Waals surface area contributed by atoms with E-state index in [-0.39, 0.29) is 23.5 Å². The number of ether oxygens (including phenoxy) is 3. The first kappa shape index (κ1) is 25.0. The van der Waals surface area contributed by atoms with Crippen LogP contribution in [0.15, 0.2) is 52.1 Å². The molecule has 5 nitrogen and oxygen atoms in total. The molecule has 0 unspecified atom stereocenters. The number of benzene rings is 2. The Hall–Kier alpha value is -2.29. The Kier molecular flexibility index (Phi) is 9.15. The van der Waals surface area contributed by atoms with E-state index in [1.165, 1.54) is 37.5 Å². The van der Waals surface area contributed by atoms with E-state index in [1.807, 2.05) is 0 Å². The number of hydrogen-bond donors (Lipinski definition) is 0. The summed E-state index contributed by atoms with van der Waals surface area (Å²) in [5, 5.41) is 4.32. The summed E-state index contributed by atoms with van der Waals surface area (Å²) in [7, 11) is 1.46. The standard InChI is InChI=1S/C20H17Cl3F3NO4/c1-12(27-30-11-13-3-5-14(6-4-13)31-20(24,25)26)16-9-15(29-8-7-18(22)23)10-17(21)19(16)28-2/h3-7,9-10H,8,11H2,1-2H3. The summed E-state index contributed by atoms with van der Waals surface area (Å²) in [4.78, 5) is 5.31. The zero-order valence-corrected chi connectivity index (χ0v) is 18.6. The second kappa shape index (κ2) is 11.4. The van der Waals surface area contributed by atoms with E-state index in [2.05, 4.69) is 9.89 Å². The van der Waals surface area contributed by atoms with Crippen molar-refractivity contribution in [1.82, 2.24) is 0 Å². The molecule has 168 valence electrons. The number of hydrogen-bond acceptors (Lipinski definition) is 5. The Morgan fingerprint density at radius 3 is 2.35 bits per heavy atom. The zero-order valence-electron chi connectivity index (χ0n) is 16.3. The molecule has 2 rings (SSSR count). The van der Waals surface area contributed by atoms with Crippen molar-refractivity contribution in [2.24, 2.45) is 5.16 Å². The first-order chi connectivity index (χ1) is 14.6. The van der Waals surface area contributed by atoms with E-state index in [4.69, 9.17) is 49.1 Å². The molecule has 0 bridgehead atoms. The van der Waals surface area contributed by atoms with Crippen LogP contribution in [0.1, 0.15) is 18.1 Å². The third-order valence-electron chi connectivity index (χ3n) is 3.69. The van der Waals surface area contributed by atoms with Crippen molar-refractivity contribution in [3.63, 3.8) is 0 Å². The molecular formula is C20H17Cl3F3NO4. The van der Waals surface area contributed by atoms with Crippen molar-refractivity contribution >= 4 is 40.5 Å². The van der Waals surface area contributed by atoms with Crippen molar-refractivity contribution in [2.45, 2.75) is 19.9 Å². The van der Waals surface area contributed by atoms with Crippen LogP contribution in [0.4, 0.5) is 13.2 Å². The summed E-state index contributed by atoms with van der Waals surface area (Å²) in [5.74, 6) is 0.484. The van der Waals surface area contributed by atoms with E-state index >= 15 is 0 Å². The monoisotopic (exact) mass is 497 g/mol. The van der Waals surface area contributed by atoms with Gasteiger partial charge in [-0.1, -0.05) is 52.1 Å². The van der Waals surface area contributed by atoms with Gasteiger partial charge in [0.2, 0.25) is 0 Å². The summed E-state index contributed by atoms with van der Waals surface area (Å²) in [6.07, 6.45) is -3.28. The molecular weight excluding hydrogens is 482 g/mol. The molecule has 0 N–H and O–H groups in total. The van der Waals surface area contributed by atoms with Crippen LogP contribution in [-0.2, 0) is 11.4 Å². The van der Waals surface area contributed by atoms with Crippen molar-refractivity contribution < 1.29 is 32.2 Å². The van der Waals surface area contributed by atoms with Gasteiger partial charge in [-0.3, -0.25) is 0 Å². The fourth-order valence-electron chi connectivity index (χ4n) is 2.37. The molecule has 0 aliphatic carbocycles. The van der Waals surface area contributed by atoms with E-state index in [1.54, 1.807) is 19.1 Å². The molecule has 0 spiro atoms. The molecule has 2 aromatic rings. The normalized spacial score (nSPS) is 11.7. The highest BCUT2D eigenvalue weighted by atomic mass is 35.5. The molecule has 0 saturated heterocycles. The molecule has 0 heterocycles. The van der Waals surface area contributed by atoms with Crippen molar-refractivity contribution in [2.75, 3.05) is 13.7 Å². The third kappa shape index (κ3) is 8.40. The predicted molar refractivity (Wildman–Crippen MR) is 113 cm³/mol. The van der Waals surface area contributed by atoms with Crippen molar-refractivity contribution in [3.8, 4) is 17.2 Å². The number of halogens is 6. The van der Waals surface area contributed by atoms with Crippen LogP contribution in [0.25, 0.3) is 0 Å². The molecule has 31 heavy (non-hydrogen) atoms.